The molecule has 0 fully saturated rings. The number of amides is 1. The number of carbonyl (C=O) groups is 1. The number of para-hydroxylation sites is 2. The lowest BCUT2D eigenvalue weighted by Gasteiger charge is -2.17. The van der Waals surface area contributed by atoms with Crippen LogP contribution in [0.15, 0.2) is 24.3 Å². The molecule has 1 heterocycles. The van der Waals surface area contributed by atoms with Gasteiger partial charge in [-0.3, -0.25) is 4.79 Å². The van der Waals surface area contributed by atoms with Crippen molar-refractivity contribution in [2.75, 3.05) is 13.1 Å². The Morgan fingerprint density at radius 1 is 1.29 bits per heavy atom. The van der Waals surface area contributed by atoms with Gasteiger partial charge >= 0.3 is 0 Å². The molecule has 1 aromatic heterocycles. The van der Waals surface area contributed by atoms with Crippen LogP contribution in [0.4, 0.5) is 0 Å². The Morgan fingerprint density at radius 2 is 2.00 bits per heavy atom. The number of nitrogens with zero attached hydrogens (tertiary/aromatic N) is 2. The van der Waals surface area contributed by atoms with Crippen molar-refractivity contribution in [2.24, 2.45) is 0 Å². The summed E-state index contributed by atoms with van der Waals surface area (Å²) < 4.78 is 0. The first kappa shape index (κ1) is 11.6. The number of nitrogens with one attached hydrogen (secondary N) is 1. The summed E-state index contributed by atoms with van der Waals surface area (Å²) >= 11 is 0. The van der Waals surface area contributed by atoms with Gasteiger partial charge in [-0.25, -0.2) is 4.98 Å². The van der Waals surface area contributed by atoms with Gasteiger partial charge < -0.3 is 9.88 Å². The summed E-state index contributed by atoms with van der Waals surface area (Å²) in [5.41, 5.74) is 1.89. The van der Waals surface area contributed by atoms with E-state index < -0.39 is 0 Å². The average Bonchev–Trinajstić information content (AvgIpc) is 2.72. The number of fused-ring (bicyclic) bond motifs is 1. The third-order valence-corrected chi connectivity index (χ3v) is 2.87. The van der Waals surface area contributed by atoms with Crippen LogP contribution in [0.2, 0.25) is 0 Å². The predicted molar refractivity (Wildman–Crippen MR) is 67.7 cm³/mol. The van der Waals surface area contributed by atoms with Crippen molar-refractivity contribution in [1.29, 1.82) is 0 Å². The van der Waals surface area contributed by atoms with Crippen LogP contribution in [0.5, 0.6) is 0 Å². The van der Waals surface area contributed by atoms with Gasteiger partial charge in [0.2, 0.25) is 5.91 Å². The summed E-state index contributed by atoms with van der Waals surface area (Å²) in [6, 6.07) is 7.81. The van der Waals surface area contributed by atoms with Gasteiger partial charge in [0.05, 0.1) is 17.5 Å². The molecule has 0 aliphatic rings. The van der Waals surface area contributed by atoms with Gasteiger partial charge in [-0.1, -0.05) is 12.1 Å². The Labute approximate surface area is 101 Å². The lowest BCUT2D eigenvalue weighted by Crippen LogP contribution is -2.32. The molecular weight excluding hydrogens is 214 g/mol. The molecule has 90 valence electrons. The average molecular weight is 231 g/mol. The molecule has 0 atom stereocenters. The Bertz CT molecular complexity index is 481. The largest absolute Gasteiger partial charge is 0.343 e. The molecule has 17 heavy (non-hydrogen) atoms. The summed E-state index contributed by atoms with van der Waals surface area (Å²) in [5, 5.41) is 0. The number of imidazole rings is 1. The molecule has 1 aromatic carbocycles. The minimum atomic E-state index is 0.119. The highest BCUT2D eigenvalue weighted by molar-refractivity contribution is 5.80. The SMILES string of the molecule is CCN(CC)C(=O)Cc1nc2ccccc2[nH]1. The van der Waals surface area contributed by atoms with E-state index in [1.54, 1.807) is 0 Å². The highest BCUT2D eigenvalue weighted by Gasteiger charge is 2.12. The standard InChI is InChI=1S/C13H17N3O/c1-3-16(4-2)13(17)9-12-14-10-7-5-6-8-11(10)15-12/h5-8H,3-4,9H2,1-2H3,(H,14,15). The highest BCUT2D eigenvalue weighted by atomic mass is 16.2. The van der Waals surface area contributed by atoms with E-state index in [1.165, 1.54) is 0 Å². The van der Waals surface area contributed by atoms with Crippen LogP contribution < -0.4 is 0 Å². The fraction of sp³-hybridized carbons (Fsp3) is 0.385. The van der Waals surface area contributed by atoms with Crippen molar-refractivity contribution in [3.63, 3.8) is 0 Å². The van der Waals surface area contributed by atoms with E-state index >= 15 is 0 Å². The van der Waals surface area contributed by atoms with E-state index in [0.717, 1.165) is 29.9 Å². The molecule has 0 spiro atoms. The first-order valence-corrected chi connectivity index (χ1v) is 5.96. The summed E-state index contributed by atoms with van der Waals surface area (Å²) in [4.78, 5) is 21.3. The van der Waals surface area contributed by atoms with Crippen LogP contribution in [-0.2, 0) is 11.2 Å². The van der Waals surface area contributed by atoms with Crippen LogP contribution in [0.3, 0.4) is 0 Å². The number of carbonyl (C=O) groups excluding carboxylic acids is 1. The monoisotopic (exact) mass is 231 g/mol. The molecule has 0 unspecified atom stereocenters. The van der Waals surface area contributed by atoms with E-state index in [9.17, 15) is 4.79 Å². The number of hydrogen-bond acceptors (Lipinski definition) is 2. The number of aromatic amines is 1. The van der Waals surface area contributed by atoms with Gasteiger partial charge in [-0.15, -0.1) is 0 Å². The Hall–Kier alpha value is -1.84. The highest BCUT2D eigenvalue weighted by Crippen LogP contribution is 2.11. The van der Waals surface area contributed by atoms with Gasteiger partial charge in [0.15, 0.2) is 0 Å². The molecule has 0 saturated carbocycles. The molecule has 0 aliphatic heterocycles. The minimum Gasteiger partial charge on any atom is -0.343 e. The molecule has 2 rings (SSSR count). The molecule has 0 saturated heterocycles. The zero-order chi connectivity index (χ0) is 12.3. The van der Waals surface area contributed by atoms with Crippen LogP contribution in [0, 0.1) is 0 Å². The smallest absolute Gasteiger partial charge is 0.230 e. The third-order valence-electron chi connectivity index (χ3n) is 2.87. The van der Waals surface area contributed by atoms with Crippen LogP contribution in [0.1, 0.15) is 19.7 Å². The lowest BCUT2D eigenvalue weighted by atomic mass is 10.3. The minimum absolute atomic E-state index is 0.119. The van der Waals surface area contributed by atoms with Crippen LogP contribution >= 0.6 is 0 Å². The van der Waals surface area contributed by atoms with E-state index in [-0.39, 0.29) is 5.91 Å². The summed E-state index contributed by atoms with van der Waals surface area (Å²) in [6.07, 6.45) is 0.344. The molecule has 2 aromatic rings. The number of hydrogen-bond donors (Lipinski definition) is 1. The number of likely N-dealkylation sites (N-methyl/N-ethyl adjacent to an activating group) is 1. The van der Waals surface area contributed by atoms with Gasteiger partial charge in [0, 0.05) is 13.1 Å². The number of rotatable bonds is 4. The summed E-state index contributed by atoms with van der Waals surface area (Å²) in [7, 11) is 0. The topological polar surface area (TPSA) is 49.0 Å². The fourth-order valence-electron chi connectivity index (χ4n) is 1.92. The third kappa shape index (κ3) is 2.46. The quantitative estimate of drug-likeness (QED) is 0.874. The number of benzene rings is 1. The van der Waals surface area contributed by atoms with Crippen molar-refractivity contribution >= 4 is 16.9 Å². The van der Waals surface area contributed by atoms with Crippen molar-refractivity contribution in [3.05, 3.63) is 30.1 Å². The van der Waals surface area contributed by atoms with E-state index in [0.29, 0.717) is 6.42 Å². The Morgan fingerprint density at radius 3 is 2.65 bits per heavy atom. The molecule has 0 radical (unpaired) electrons. The van der Waals surface area contributed by atoms with E-state index in [2.05, 4.69) is 9.97 Å². The normalized spacial score (nSPS) is 10.7. The maximum atomic E-state index is 11.9. The number of H-pyrrole nitrogens is 1. The molecular formula is C13H17N3O. The maximum Gasteiger partial charge on any atom is 0.230 e. The van der Waals surface area contributed by atoms with Crippen molar-refractivity contribution < 1.29 is 4.79 Å². The molecule has 4 heteroatoms. The summed E-state index contributed by atoms with van der Waals surface area (Å²) in [6.45, 7) is 5.46. The predicted octanol–water partition coefficient (Wildman–Crippen LogP) is 1.97. The fourth-order valence-corrected chi connectivity index (χ4v) is 1.92. The molecule has 0 aliphatic carbocycles. The molecule has 1 N–H and O–H groups in total. The van der Waals surface area contributed by atoms with Gasteiger partial charge in [-0.2, -0.15) is 0 Å². The first-order chi connectivity index (χ1) is 8.24. The van der Waals surface area contributed by atoms with E-state index in [1.807, 2.05) is 43.0 Å². The molecule has 4 nitrogen and oxygen atoms in total. The zero-order valence-electron chi connectivity index (χ0n) is 10.2. The van der Waals surface area contributed by atoms with Gasteiger partial charge in [0.1, 0.15) is 5.82 Å². The van der Waals surface area contributed by atoms with Gasteiger partial charge in [-0.05, 0) is 26.0 Å². The second-order valence-electron chi connectivity index (χ2n) is 3.94. The van der Waals surface area contributed by atoms with Crippen molar-refractivity contribution in [3.8, 4) is 0 Å². The van der Waals surface area contributed by atoms with Crippen molar-refractivity contribution in [2.45, 2.75) is 20.3 Å². The summed E-state index contributed by atoms with van der Waals surface area (Å²) in [5.74, 6) is 0.858. The lowest BCUT2D eigenvalue weighted by molar-refractivity contribution is -0.130. The Balaban J connectivity index is 2.15. The van der Waals surface area contributed by atoms with Crippen LogP contribution in [0.25, 0.3) is 11.0 Å². The van der Waals surface area contributed by atoms with Gasteiger partial charge in [0.25, 0.3) is 0 Å². The second kappa shape index (κ2) is 4.99. The second-order valence-corrected chi connectivity index (χ2v) is 3.94. The number of aromatic nitrogens is 2. The maximum absolute atomic E-state index is 11.9. The zero-order valence-corrected chi connectivity index (χ0v) is 10.2. The molecule has 1 amide bonds. The van der Waals surface area contributed by atoms with E-state index in [4.69, 9.17) is 0 Å². The Kier molecular flexibility index (Phi) is 3.42. The van der Waals surface area contributed by atoms with Crippen LogP contribution in [-0.4, -0.2) is 33.9 Å². The van der Waals surface area contributed by atoms with Crippen molar-refractivity contribution in [1.82, 2.24) is 14.9 Å². The molecule has 0 bridgehead atoms. The first-order valence-electron chi connectivity index (χ1n) is 5.96.